The number of halogens is 1. The summed E-state index contributed by atoms with van der Waals surface area (Å²) in [6.07, 6.45) is 1.18. The van der Waals surface area contributed by atoms with Crippen molar-refractivity contribution in [2.75, 3.05) is 6.54 Å². The Morgan fingerprint density at radius 2 is 2.06 bits per heavy atom. The van der Waals surface area contributed by atoms with Gasteiger partial charge in [0, 0.05) is 12.6 Å². The molecule has 3 atom stereocenters. The second-order valence-electron chi connectivity index (χ2n) is 4.63. The van der Waals surface area contributed by atoms with E-state index in [2.05, 4.69) is 77.8 Å². The summed E-state index contributed by atoms with van der Waals surface area (Å²) in [4.78, 5) is 0. The quantitative estimate of drug-likeness (QED) is 0.571. The molecule has 1 aliphatic rings. The summed E-state index contributed by atoms with van der Waals surface area (Å²) in [5.41, 5.74) is 1.12. The van der Waals surface area contributed by atoms with Crippen LogP contribution in [0.4, 0.5) is 0 Å². The van der Waals surface area contributed by atoms with E-state index >= 15 is 0 Å². The van der Waals surface area contributed by atoms with Crippen molar-refractivity contribution in [2.24, 2.45) is 0 Å². The monoisotopic (exact) mass is 363 g/mol. The van der Waals surface area contributed by atoms with E-state index in [0.717, 1.165) is 6.54 Å². The average molecular weight is 363 g/mol. The highest BCUT2D eigenvalue weighted by Crippen LogP contribution is 2.63. The Morgan fingerprint density at radius 1 is 1.41 bits per heavy atom. The molecular weight excluding hydrogens is 344 g/mol. The third-order valence-electron chi connectivity index (χ3n) is 3.51. The van der Waals surface area contributed by atoms with Crippen molar-refractivity contribution in [3.63, 3.8) is 0 Å². The first kappa shape index (κ1) is 13.7. The zero-order valence-corrected chi connectivity index (χ0v) is 13.6. The highest BCUT2D eigenvalue weighted by atomic mass is 127. The molecule has 1 saturated heterocycles. The first-order valence-electron chi connectivity index (χ1n) is 6.06. The number of nitrogens with zero attached hydrogens (tertiary/aromatic N) is 1. The first-order valence-corrected chi connectivity index (χ1v) is 10.1. The SMILES string of the molecule is CCCN1[C@H](C)[C@](C)(c2ccccc2)OP1I. The lowest BCUT2D eigenvalue weighted by Gasteiger charge is -2.30. The van der Waals surface area contributed by atoms with Crippen LogP contribution in [0, 0.1) is 0 Å². The molecular formula is C13H19INOP. The van der Waals surface area contributed by atoms with Crippen molar-refractivity contribution < 1.29 is 4.52 Å². The molecule has 0 spiro atoms. The smallest absolute Gasteiger partial charge is 0.173 e. The molecule has 0 bridgehead atoms. The Labute approximate surface area is 118 Å². The van der Waals surface area contributed by atoms with Crippen LogP contribution in [0.5, 0.6) is 0 Å². The fraction of sp³-hybridized carbons (Fsp3) is 0.538. The molecule has 2 nitrogen and oxygen atoms in total. The molecule has 1 fully saturated rings. The van der Waals surface area contributed by atoms with Gasteiger partial charge in [0.05, 0.1) is 0 Å². The summed E-state index contributed by atoms with van der Waals surface area (Å²) in [5, 5.41) is 0. The standard InChI is InChI=1S/C13H19INOP/c1-4-10-15-11(2)13(3,16-17(15)14)12-8-6-5-7-9-12/h5-9,11H,4,10H2,1-3H3/t11-,13-,17?/m1/s1. The second-order valence-corrected chi connectivity index (χ2v) is 8.25. The van der Waals surface area contributed by atoms with E-state index in [1.807, 2.05) is 0 Å². The van der Waals surface area contributed by atoms with E-state index in [4.69, 9.17) is 4.52 Å². The van der Waals surface area contributed by atoms with E-state index in [0.29, 0.717) is 6.04 Å². The maximum absolute atomic E-state index is 6.29. The summed E-state index contributed by atoms with van der Waals surface area (Å²) in [6, 6.07) is 11.0. The zero-order chi connectivity index (χ0) is 12.5. The van der Waals surface area contributed by atoms with Gasteiger partial charge in [-0.05, 0) is 47.9 Å². The van der Waals surface area contributed by atoms with Gasteiger partial charge in [0.15, 0.2) is 5.94 Å². The molecule has 1 aliphatic heterocycles. The molecule has 1 heterocycles. The summed E-state index contributed by atoms with van der Waals surface area (Å²) >= 11 is 2.45. The van der Waals surface area contributed by atoms with Gasteiger partial charge in [-0.3, -0.25) is 0 Å². The summed E-state index contributed by atoms with van der Waals surface area (Å²) in [6.45, 7) is 7.85. The molecule has 2 rings (SSSR count). The Hall–Kier alpha value is 0.300. The molecule has 0 aromatic heterocycles. The minimum Gasteiger partial charge on any atom is -0.323 e. The number of hydrogen-bond acceptors (Lipinski definition) is 2. The molecule has 0 N–H and O–H groups in total. The third-order valence-corrected chi connectivity index (χ3v) is 7.24. The molecule has 0 aliphatic carbocycles. The van der Waals surface area contributed by atoms with Gasteiger partial charge in [-0.1, -0.05) is 37.3 Å². The number of benzene rings is 1. The molecule has 94 valence electrons. The van der Waals surface area contributed by atoms with Crippen molar-refractivity contribution in [1.82, 2.24) is 4.67 Å². The average Bonchev–Trinajstić information content (AvgIpc) is 2.56. The second kappa shape index (κ2) is 5.52. The van der Waals surface area contributed by atoms with Crippen LogP contribution in [-0.4, -0.2) is 17.3 Å². The molecule has 1 unspecified atom stereocenters. The van der Waals surface area contributed by atoms with E-state index in [1.165, 1.54) is 12.0 Å². The molecule has 0 amide bonds. The summed E-state index contributed by atoms with van der Waals surface area (Å²) in [7, 11) is 0. The van der Waals surface area contributed by atoms with Gasteiger partial charge in [-0.25, -0.2) is 4.67 Å². The predicted octanol–water partition coefficient (Wildman–Crippen LogP) is 4.69. The van der Waals surface area contributed by atoms with Crippen LogP contribution < -0.4 is 0 Å². The van der Waals surface area contributed by atoms with Crippen LogP contribution in [0.3, 0.4) is 0 Å². The van der Waals surface area contributed by atoms with Crippen molar-refractivity contribution in [2.45, 2.75) is 38.8 Å². The summed E-state index contributed by atoms with van der Waals surface area (Å²) < 4.78 is 8.79. The topological polar surface area (TPSA) is 12.5 Å². The summed E-state index contributed by atoms with van der Waals surface area (Å²) in [5.74, 6) is -0.482. The molecule has 0 radical (unpaired) electrons. The molecule has 1 aromatic carbocycles. The largest absolute Gasteiger partial charge is 0.323 e. The fourth-order valence-electron chi connectivity index (χ4n) is 2.27. The van der Waals surface area contributed by atoms with Gasteiger partial charge in [-0.15, -0.1) is 0 Å². The van der Waals surface area contributed by atoms with Crippen molar-refractivity contribution in [3.05, 3.63) is 35.9 Å². The Kier molecular flexibility index (Phi) is 4.45. The highest BCUT2D eigenvalue weighted by molar-refractivity contribution is 14.2. The van der Waals surface area contributed by atoms with Gasteiger partial charge >= 0.3 is 0 Å². The lowest BCUT2D eigenvalue weighted by molar-refractivity contribution is 0.0888. The van der Waals surface area contributed by atoms with Crippen molar-refractivity contribution in [3.8, 4) is 0 Å². The van der Waals surface area contributed by atoms with Gasteiger partial charge in [0.2, 0.25) is 0 Å². The van der Waals surface area contributed by atoms with E-state index in [9.17, 15) is 0 Å². The van der Waals surface area contributed by atoms with Crippen LogP contribution in [-0.2, 0) is 10.1 Å². The highest BCUT2D eigenvalue weighted by Gasteiger charge is 2.48. The Bertz CT molecular complexity index is 375. The van der Waals surface area contributed by atoms with E-state index in [1.54, 1.807) is 0 Å². The molecule has 0 saturated carbocycles. The fourth-order valence-corrected chi connectivity index (χ4v) is 6.79. The number of rotatable bonds is 3. The van der Waals surface area contributed by atoms with Crippen molar-refractivity contribution >= 4 is 28.0 Å². The lowest BCUT2D eigenvalue weighted by atomic mass is 9.89. The Balaban J connectivity index is 2.28. The number of hydrogen-bond donors (Lipinski definition) is 0. The maximum atomic E-state index is 6.29. The molecule has 17 heavy (non-hydrogen) atoms. The first-order chi connectivity index (χ1) is 8.09. The van der Waals surface area contributed by atoms with E-state index < -0.39 is 5.94 Å². The normalized spacial score (nSPS) is 34.1. The molecule has 1 aromatic rings. The minimum absolute atomic E-state index is 0.163. The van der Waals surface area contributed by atoms with Gasteiger partial charge in [0.1, 0.15) is 5.60 Å². The van der Waals surface area contributed by atoms with Crippen LogP contribution >= 0.6 is 28.0 Å². The van der Waals surface area contributed by atoms with Crippen LogP contribution in [0.25, 0.3) is 0 Å². The predicted molar refractivity (Wildman–Crippen MR) is 82.3 cm³/mol. The lowest BCUT2D eigenvalue weighted by Crippen LogP contribution is -2.38. The Morgan fingerprint density at radius 3 is 2.65 bits per heavy atom. The third kappa shape index (κ3) is 2.53. The maximum Gasteiger partial charge on any atom is 0.173 e. The van der Waals surface area contributed by atoms with Crippen LogP contribution in [0.2, 0.25) is 0 Å². The van der Waals surface area contributed by atoms with Crippen LogP contribution in [0.15, 0.2) is 30.3 Å². The van der Waals surface area contributed by atoms with Crippen LogP contribution in [0.1, 0.15) is 32.8 Å². The van der Waals surface area contributed by atoms with Crippen molar-refractivity contribution in [1.29, 1.82) is 0 Å². The molecule has 4 heteroatoms. The minimum atomic E-state index is -0.482. The van der Waals surface area contributed by atoms with E-state index in [-0.39, 0.29) is 5.60 Å². The van der Waals surface area contributed by atoms with Gasteiger partial charge in [0.25, 0.3) is 0 Å². The zero-order valence-electron chi connectivity index (χ0n) is 10.6. The van der Waals surface area contributed by atoms with Gasteiger partial charge < -0.3 is 4.52 Å². The van der Waals surface area contributed by atoms with Gasteiger partial charge in [-0.2, -0.15) is 0 Å².